The summed E-state index contributed by atoms with van der Waals surface area (Å²) in [7, 11) is 1.70. The number of hydrogen-bond donors (Lipinski definition) is 3. The Hall–Kier alpha value is -2.12. The van der Waals surface area contributed by atoms with E-state index in [4.69, 9.17) is 10.9 Å². The summed E-state index contributed by atoms with van der Waals surface area (Å²) in [6.07, 6.45) is 6.57. The molecule has 1 heterocycles. The zero-order chi connectivity index (χ0) is 15.3. The monoisotopic (exact) mass is 294 g/mol. The zero-order valence-electron chi connectivity index (χ0n) is 12.2. The molecule has 8 nitrogen and oxygen atoms in total. The molecule has 2 rings (SSSR count). The highest BCUT2D eigenvalue weighted by molar-refractivity contribution is 6.06. The molecule has 1 aliphatic carbocycles. The number of H-pyrrole nitrogens is 1. The molecule has 8 heteroatoms. The van der Waals surface area contributed by atoms with Gasteiger partial charge in [0.05, 0.1) is 6.54 Å². The Morgan fingerprint density at radius 2 is 2.14 bits per heavy atom. The molecule has 0 unspecified atom stereocenters. The van der Waals surface area contributed by atoms with Crippen molar-refractivity contribution in [2.24, 2.45) is 16.3 Å². The molecule has 0 saturated heterocycles. The normalized spacial score (nSPS) is 19.0. The number of nitrogens with zero attached hydrogens (tertiary/aromatic N) is 4. The van der Waals surface area contributed by atoms with E-state index in [9.17, 15) is 4.79 Å². The van der Waals surface area contributed by atoms with Crippen LogP contribution >= 0.6 is 0 Å². The second-order valence-electron chi connectivity index (χ2n) is 5.57. The van der Waals surface area contributed by atoms with Gasteiger partial charge in [-0.1, -0.05) is 30.8 Å². The molecule has 0 aliphatic heterocycles. The highest BCUT2D eigenvalue weighted by atomic mass is 16.4. The van der Waals surface area contributed by atoms with Gasteiger partial charge in [0.15, 0.2) is 5.84 Å². The number of nitrogens with two attached hydrogens (primary N) is 1. The van der Waals surface area contributed by atoms with Crippen molar-refractivity contribution in [2.75, 3.05) is 7.05 Å². The summed E-state index contributed by atoms with van der Waals surface area (Å²) in [6, 6.07) is 0. The summed E-state index contributed by atoms with van der Waals surface area (Å²) in [4.78, 5) is 18.5. The Morgan fingerprint density at radius 1 is 1.48 bits per heavy atom. The van der Waals surface area contributed by atoms with Gasteiger partial charge in [0.2, 0.25) is 5.91 Å². The smallest absolute Gasteiger partial charge is 0.236 e. The van der Waals surface area contributed by atoms with Gasteiger partial charge >= 0.3 is 0 Å². The largest absolute Gasteiger partial charge is 0.409 e. The maximum absolute atomic E-state index is 12.9. The quantitative estimate of drug-likeness (QED) is 0.250. The minimum Gasteiger partial charge on any atom is -0.409 e. The number of rotatable bonds is 4. The Bertz CT molecular complexity index is 491. The highest BCUT2D eigenvalue weighted by Gasteiger charge is 2.44. The molecule has 1 saturated carbocycles. The number of carbonyl (C=O) groups is 1. The van der Waals surface area contributed by atoms with Crippen molar-refractivity contribution in [3.63, 3.8) is 0 Å². The van der Waals surface area contributed by atoms with E-state index in [0.29, 0.717) is 25.2 Å². The fourth-order valence-corrected chi connectivity index (χ4v) is 2.98. The molecule has 21 heavy (non-hydrogen) atoms. The Labute approximate surface area is 123 Å². The minimum atomic E-state index is -0.903. The summed E-state index contributed by atoms with van der Waals surface area (Å²) < 4.78 is 0. The number of amides is 1. The van der Waals surface area contributed by atoms with E-state index < -0.39 is 5.41 Å². The molecule has 0 aromatic carbocycles. The lowest BCUT2D eigenvalue weighted by molar-refractivity contribution is -0.138. The van der Waals surface area contributed by atoms with Crippen LogP contribution in [0.4, 0.5) is 0 Å². The van der Waals surface area contributed by atoms with Crippen molar-refractivity contribution >= 4 is 11.7 Å². The number of carbonyl (C=O) groups excluding carboxylic acids is 1. The van der Waals surface area contributed by atoms with E-state index in [1.54, 1.807) is 11.9 Å². The van der Waals surface area contributed by atoms with Crippen LogP contribution in [-0.2, 0) is 11.3 Å². The third kappa shape index (κ3) is 3.14. The lowest BCUT2D eigenvalue weighted by Crippen LogP contribution is -2.50. The van der Waals surface area contributed by atoms with Gasteiger partial charge in [-0.05, 0) is 12.8 Å². The van der Waals surface area contributed by atoms with Gasteiger partial charge < -0.3 is 15.8 Å². The van der Waals surface area contributed by atoms with Crippen LogP contribution in [0.1, 0.15) is 44.3 Å². The van der Waals surface area contributed by atoms with Gasteiger partial charge in [-0.2, -0.15) is 5.10 Å². The SMILES string of the molecule is CN(Cc1ncn[nH]1)C(=O)C1(C(N)=NO)CCCCCC1. The average Bonchev–Trinajstić information content (AvgIpc) is 2.87. The van der Waals surface area contributed by atoms with E-state index in [1.165, 1.54) is 6.33 Å². The Balaban J connectivity index is 2.21. The van der Waals surface area contributed by atoms with Crippen LogP contribution in [0.3, 0.4) is 0 Å². The van der Waals surface area contributed by atoms with Crippen LogP contribution in [0, 0.1) is 5.41 Å². The van der Waals surface area contributed by atoms with Gasteiger partial charge in [0.25, 0.3) is 0 Å². The van der Waals surface area contributed by atoms with Crippen LogP contribution in [0.2, 0.25) is 0 Å². The van der Waals surface area contributed by atoms with Gasteiger partial charge in [-0.25, -0.2) is 4.98 Å². The summed E-state index contributed by atoms with van der Waals surface area (Å²) in [6.45, 7) is 0.319. The van der Waals surface area contributed by atoms with Gasteiger partial charge in [-0.15, -0.1) is 0 Å². The maximum Gasteiger partial charge on any atom is 0.236 e. The molecular weight excluding hydrogens is 272 g/mol. The first-order chi connectivity index (χ1) is 10.1. The molecular formula is C13H22N6O2. The Kier molecular flexibility index (Phi) is 4.77. The number of nitrogens with one attached hydrogen (secondary N) is 1. The van der Waals surface area contributed by atoms with Crippen LogP contribution in [0.25, 0.3) is 0 Å². The van der Waals surface area contributed by atoms with E-state index in [-0.39, 0.29) is 11.7 Å². The van der Waals surface area contributed by atoms with Crippen LogP contribution in [0.15, 0.2) is 11.5 Å². The standard InChI is InChI=1S/C13H22N6O2/c1-19(8-10-15-9-16-17-10)12(20)13(11(14)18-21)6-4-2-3-5-7-13/h9,21H,2-8H2,1H3,(H2,14,18)(H,15,16,17). The fourth-order valence-electron chi connectivity index (χ4n) is 2.98. The lowest BCUT2D eigenvalue weighted by atomic mass is 9.77. The summed E-state index contributed by atoms with van der Waals surface area (Å²) in [5.74, 6) is 0.490. The molecule has 1 amide bonds. The van der Waals surface area contributed by atoms with Gasteiger partial charge in [-0.3, -0.25) is 9.89 Å². The summed E-state index contributed by atoms with van der Waals surface area (Å²) in [5.41, 5.74) is 4.98. The topological polar surface area (TPSA) is 120 Å². The predicted molar refractivity (Wildman–Crippen MR) is 76.4 cm³/mol. The number of aromatic amines is 1. The van der Waals surface area contributed by atoms with Crippen molar-refractivity contribution in [3.05, 3.63) is 12.2 Å². The molecule has 0 bridgehead atoms. The van der Waals surface area contributed by atoms with Crippen LogP contribution in [0.5, 0.6) is 0 Å². The molecule has 1 aromatic rings. The maximum atomic E-state index is 12.9. The summed E-state index contributed by atoms with van der Waals surface area (Å²) in [5, 5.41) is 18.7. The lowest BCUT2D eigenvalue weighted by Gasteiger charge is -2.33. The van der Waals surface area contributed by atoms with Crippen molar-refractivity contribution in [2.45, 2.75) is 45.1 Å². The number of aromatic nitrogens is 3. The van der Waals surface area contributed by atoms with Crippen LogP contribution in [-0.4, -0.2) is 44.1 Å². The molecule has 1 fully saturated rings. The second kappa shape index (κ2) is 6.55. The third-order valence-corrected chi connectivity index (χ3v) is 4.16. The average molecular weight is 294 g/mol. The first-order valence-corrected chi connectivity index (χ1v) is 7.18. The third-order valence-electron chi connectivity index (χ3n) is 4.16. The van der Waals surface area contributed by atoms with Crippen molar-refractivity contribution in [3.8, 4) is 0 Å². The number of amidine groups is 1. The van der Waals surface area contributed by atoms with Crippen molar-refractivity contribution < 1.29 is 10.0 Å². The van der Waals surface area contributed by atoms with E-state index in [1.807, 2.05) is 0 Å². The van der Waals surface area contributed by atoms with E-state index in [0.717, 1.165) is 25.7 Å². The van der Waals surface area contributed by atoms with E-state index >= 15 is 0 Å². The molecule has 0 radical (unpaired) electrons. The molecule has 0 atom stereocenters. The van der Waals surface area contributed by atoms with Crippen LogP contribution < -0.4 is 5.73 Å². The molecule has 0 spiro atoms. The highest BCUT2D eigenvalue weighted by Crippen LogP contribution is 2.37. The first kappa shape index (κ1) is 15.3. The van der Waals surface area contributed by atoms with Gasteiger partial charge in [0.1, 0.15) is 17.6 Å². The second-order valence-corrected chi connectivity index (χ2v) is 5.57. The fraction of sp³-hybridized carbons (Fsp3) is 0.692. The number of hydrogen-bond acceptors (Lipinski definition) is 5. The molecule has 1 aromatic heterocycles. The molecule has 116 valence electrons. The molecule has 4 N–H and O–H groups in total. The predicted octanol–water partition coefficient (Wildman–Crippen LogP) is 0.850. The minimum absolute atomic E-state index is 0.0128. The Morgan fingerprint density at radius 3 is 2.67 bits per heavy atom. The van der Waals surface area contributed by atoms with Crippen molar-refractivity contribution in [1.82, 2.24) is 20.1 Å². The zero-order valence-corrected chi connectivity index (χ0v) is 12.2. The number of oxime groups is 1. The van der Waals surface area contributed by atoms with Gasteiger partial charge in [0, 0.05) is 7.05 Å². The first-order valence-electron chi connectivity index (χ1n) is 7.18. The van der Waals surface area contributed by atoms with Crippen molar-refractivity contribution in [1.29, 1.82) is 0 Å². The van der Waals surface area contributed by atoms with E-state index in [2.05, 4.69) is 20.3 Å². The summed E-state index contributed by atoms with van der Waals surface area (Å²) >= 11 is 0. The molecule has 1 aliphatic rings.